The van der Waals surface area contributed by atoms with Gasteiger partial charge >= 0.3 is 0 Å². The van der Waals surface area contributed by atoms with E-state index >= 15 is 0 Å². The summed E-state index contributed by atoms with van der Waals surface area (Å²) in [5.41, 5.74) is 1.75. The summed E-state index contributed by atoms with van der Waals surface area (Å²) in [7, 11) is 0. The van der Waals surface area contributed by atoms with Gasteiger partial charge in [-0.3, -0.25) is 9.59 Å². The number of rotatable bonds is 4. The van der Waals surface area contributed by atoms with E-state index in [1.54, 1.807) is 34.9 Å². The second-order valence-electron chi connectivity index (χ2n) is 6.33. The molecule has 0 N–H and O–H groups in total. The van der Waals surface area contributed by atoms with Crippen molar-refractivity contribution < 1.29 is 9.59 Å². The Kier molecular flexibility index (Phi) is 5.84. The number of carbonyl (C=O) groups is 2. The van der Waals surface area contributed by atoms with E-state index in [4.69, 9.17) is 23.2 Å². The number of amides is 2. The fraction of sp³-hybridized carbons (Fsp3) is 0.300. The minimum atomic E-state index is -0.515. The van der Waals surface area contributed by atoms with E-state index in [1.165, 1.54) is 0 Å². The number of nitrogens with zero attached hydrogens (tertiary/aromatic N) is 2. The zero-order valence-corrected chi connectivity index (χ0v) is 16.0. The number of hydrogen-bond acceptors (Lipinski definition) is 2. The number of anilines is 1. The molecule has 0 spiro atoms. The highest BCUT2D eigenvalue weighted by molar-refractivity contribution is 6.36. The second-order valence-corrected chi connectivity index (χ2v) is 7.18. The normalized spacial score (nSPS) is 17.5. The lowest BCUT2D eigenvalue weighted by Gasteiger charge is -2.39. The van der Waals surface area contributed by atoms with Gasteiger partial charge < -0.3 is 9.80 Å². The van der Waals surface area contributed by atoms with E-state index in [9.17, 15) is 9.59 Å². The summed E-state index contributed by atoms with van der Waals surface area (Å²) >= 11 is 12.2. The number of piperazine rings is 1. The van der Waals surface area contributed by atoms with Crippen molar-refractivity contribution in [3.05, 3.63) is 64.1 Å². The molecule has 136 valence electrons. The molecular formula is C20H20Cl2N2O2. The van der Waals surface area contributed by atoms with Gasteiger partial charge in [-0.05, 0) is 37.1 Å². The number of carbonyl (C=O) groups excluding carboxylic acids is 2. The van der Waals surface area contributed by atoms with Crippen LogP contribution in [-0.2, 0) is 16.0 Å². The predicted octanol–water partition coefficient (Wildman–Crippen LogP) is 4.19. The number of halogens is 2. The molecule has 1 aliphatic rings. The average molecular weight is 391 g/mol. The van der Waals surface area contributed by atoms with Gasteiger partial charge in [0, 0.05) is 24.5 Å². The Hall–Kier alpha value is -2.04. The molecule has 0 aromatic heterocycles. The molecule has 4 nitrogen and oxygen atoms in total. The summed E-state index contributed by atoms with van der Waals surface area (Å²) in [6.07, 6.45) is 1.06. The first-order valence-electron chi connectivity index (χ1n) is 8.57. The molecule has 1 atom stereocenters. The van der Waals surface area contributed by atoms with Crippen LogP contribution < -0.4 is 4.90 Å². The van der Waals surface area contributed by atoms with E-state index < -0.39 is 6.04 Å². The standard InChI is InChI=1S/C20H20Cl2N2O2/c1-14-20(26)24(18-9-8-16(21)13-17(18)22)12-11-23(14)19(25)10-7-15-5-3-2-4-6-15/h2-6,8-9,13-14H,7,10-12H2,1H3/t14-/m0/s1. The van der Waals surface area contributed by atoms with Crippen LogP contribution in [0.15, 0.2) is 48.5 Å². The summed E-state index contributed by atoms with van der Waals surface area (Å²) in [6, 6.07) is 14.4. The van der Waals surface area contributed by atoms with Crippen LogP contribution >= 0.6 is 23.2 Å². The molecule has 0 saturated carbocycles. The van der Waals surface area contributed by atoms with E-state index in [-0.39, 0.29) is 11.8 Å². The van der Waals surface area contributed by atoms with Gasteiger partial charge in [0.25, 0.3) is 0 Å². The minimum absolute atomic E-state index is 0.00319. The third-order valence-corrected chi connectivity index (χ3v) is 5.18. The van der Waals surface area contributed by atoms with Crippen LogP contribution in [0.2, 0.25) is 10.0 Å². The van der Waals surface area contributed by atoms with Gasteiger partial charge in [-0.1, -0.05) is 53.5 Å². The molecular weight excluding hydrogens is 371 g/mol. The monoisotopic (exact) mass is 390 g/mol. The SMILES string of the molecule is C[C@H]1C(=O)N(c2ccc(Cl)cc2Cl)CCN1C(=O)CCc1ccccc1. The van der Waals surface area contributed by atoms with Crippen LogP contribution in [0.4, 0.5) is 5.69 Å². The Bertz CT molecular complexity index is 811. The average Bonchev–Trinajstić information content (AvgIpc) is 2.63. The van der Waals surface area contributed by atoms with Crippen LogP contribution in [0.25, 0.3) is 0 Å². The van der Waals surface area contributed by atoms with Gasteiger partial charge in [-0.25, -0.2) is 0 Å². The maximum absolute atomic E-state index is 12.8. The third kappa shape index (κ3) is 4.02. The fourth-order valence-corrected chi connectivity index (χ4v) is 3.70. The van der Waals surface area contributed by atoms with Crippen molar-refractivity contribution in [2.45, 2.75) is 25.8 Å². The van der Waals surface area contributed by atoms with E-state index in [2.05, 4.69) is 0 Å². The highest BCUT2D eigenvalue weighted by Gasteiger charge is 2.35. The van der Waals surface area contributed by atoms with Crippen molar-refractivity contribution >= 4 is 40.7 Å². The molecule has 0 unspecified atom stereocenters. The zero-order chi connectivity index (χ0) is 18.7. The van der Waals surface area contributed by atoms with Crippen LogP contribution in [-0.4, -0.2) is 35.8 Å². The molecule has 2 aromatic carbocycles. The number of aryl methyl sites for hydroxylation is 1. The third-order valence-electron chi connectivity index (χ3n) is 4.65. The quantitative estimate of drug-likeness (QED) is 0.784. The summed E-state index contributed by atoms with van der Waals surface area (Å²) < 4.78 is 0. The highest BCUT2D eigenvalue weighted by atomic mass is 35.5. The highest BCUT2D eigenvalue weighted by Crippen LogP contribution is 2.31. The first-order chi connectivity index (χ1) is 12.5. The molecule has 0 aliphatic carbocycles. The smallest absolute Gasteiger partial charge is 0.249 e. The van der Waals surface area contributed by atoms with Crippen molar-refractivity contribution in [1.82, 2.24) is 4.90 Å². The van der Waals surface area contributed by atoms with E-state index in [0.29, 0.717) is 41.7 Å². The number of hydrogen-bond donors (Lipinski definition) is 0. The molecule has 6 heteroatoms. The van der Waals surface area contributed by atoms with Crippen molar-refractivity contribution in [1.29, 1.82) is 0 Å². The molecule has 26 heavy (non-hydrogen) atoms. The van der Waals surface area contributed by atoms with Gasteiger partial charge in [0.05, 0.1) is 10.7 Å². The Morgan fingerprint density at radius 3 is 2.54 bits per heavy atom. The first kappa shape index (κ1) is 18.7. The lowest BCUT2D eigenvalue weighted by atomic mass is 10.1. The van der Waals surface area contributed by atoms with Crippen LogP contribution in [0, 0.1) is 0 Å². The fourth-order valence-electron chi connectivity index (χ4n) is 3.19. The van der Waals surface area contributed by atoms with E-state index in [0.717, 1.165) is 5.56 Å². The maximum Gasteiger partial charge on any atom is 0.249 e. The van der Waals surface area contributed by atoms with Gasteiger partial charge in [-0.2, -0.15) is 0 Å². The van der Waals surface area contributed by atoms with Crippen molar-refractivity contribution in [3.8, 4) is 0 Å². The lowest BCUT2D eigenvalue weighted by Crippen LogP contribution is -2.57. The van der Waals surface area contributed by atoms with Crippen LogP contribution in [0.3, 0.4) is 0 Å². The molecule has 2 amide bonds. The molecule has 0 bridgehead atoms. The second kappa shape index (κ2) is 8.11. The summed E-state index contributed by atoms with van der Waals surface area (Å²) in [6.45, 7) is 2.67. The Morgan fingerprint density at radius 1 is 1.12 bits per heavy atom. The molecule has 1 saturated heterocycles. The zero-order valence-electron chi connectivity index (χ0n) is 14.5. The minimum Gasteiger partial charge on any atom is -0.329 e. The molecule has 0 radical (unpaired) electrons. The Morgan fingerprint density at radius 2 is 1.85 bits per heavy atom. The Labute approximate surface area is 163 Å². The van der Waals surface area contributed by atoms with Gasteiger partial charge in [0.2, 0.25) is 11.8 Å². The summed E-state index contributed by atoms with van der Waals surface area (Å²) in [4.78, 5) is 28.7. The van der Waals surface area contributed by atoms with Gasteiger partial charge in [0.15, 0.2) is 0 Å². The summed E-state index contributed by atoms with van der Waals surface area (Å²) in [5, 5.41) is 0.955. The van der Waals surface area contributed by atoms with Crippen LogP contribution in [0.5, 0.6) is 0 Å². The summed E-state index contributed by atoms with van der Waals surface area (Å²) in [5.74, 6) is -0.134. The number of benzene rings is 2. The Balaban J connectivity index is 1.66. The van der Waals surface area contributed by atoms with E-state index in [1.807, 2.05) is 30.3 Å². The van der Waals surface area contributed by atoms with Crippen molar-refractivity contribution in [2.75, 3.05) is 18.0 Å². The molecule has 3 rings (SSSR count). The maximum atomic E-state index is 12.8. The molecule has 2 aromatic rings. The van der Waals surface area contributed by atoms with Crippen molar-refractivity contribution in [3.63, 3.8) is 0 Å². The van der Waals surface area contributed by atoms with Gasteiger partial charge in [0.1, 0.15) is 6.04 Å². The van der Waals surface area contributed by atoms with Crippen molar-refractivity contribution in [2.24, 2.45) is 0 Å². The first-order valence-corrected chi connectivity index (χ1v) is 9.33. The van der Waals surface area contributed by atoms with Crippen LogP contribution in [0.1, 0.15) is 18.9 Å². The largest absolute Gasteiger partial charge is 0.329 e. The topological polar surface area (TPSA) is 40.6 Å². The molecule has 1 heterocycles. The predicted molar refractivity (Wildman–Crippen MR) is 105 cm³/mol. The molecule has 1 aliphatic heterocycles. The molecule has 1 fully saturated rings. The lowest BCUT2D eigenvalue weighted by molar-refractivity contribution is -0.140. The van der Waals surface area contributed by atoms with Gasteiger partial charge in [-0.15, -0.1) is 0 Å².